The van der Waals surface area contributed by atoms with E-state index in [1.807, 2.05) is 13.8 Å². The van der Waals surface area contributed by atoms with Gasteiger partial charge in [0.1, 0.15) is 11.4 Å². The third kappa shape index (κ3) is 9.42. The number of carbonyl (C=O) groups excluding carboxylic acids is 1. The molecule has 5 heteroatoms. The molecule has 0 spiro atoms. The zero-order chi connectivity index (χ0) is 22.1. The quantitative estimate of drug-likeness (QED) is 0.161. The molecule has 1 aromatic rings. The standard InChI is InChI=1S/C24H40O5/c1-23(2,3)14-10-6-8-12-18-16-20(26)22(28)19(21(18)27)13-9-7-11-15-24(4,5)29-17-25/h16-17,26-28H,6-15H2,1-5H3. The topological polar surface area (TPSA) is 87.0 Å². The molecule has 0 atom stereocenters. The molecule has 0 aliphatic heterocycles. The molecule has 0 saturated carbocycles. The van der Waals surface area contributed by atoms with Crippen LogP contribution in [0.4, 0.5) is 0 Å². The van der Waals surface area contributed by atoms with E-state index in [2.05, 4.69) is 20.8 Å². The number of ether oxygens (including phenoxy) is 1. The normalized spacial score (nSPS) is 12.2. The summed E-state index contributed by atoms with van der Waals surface area (Å²) in [6.45, 7) is 10.9. The minimum Gasteiger partial charge on any atom is -0.507 e. The summed E-state index contributed by atoms with van der Waals surface area (Å²) < 4.78 is 5.04. The average molecular weight is 409 g/mol. The maximum atomic E-state index is 10.6. The Balaban J connectivity index is 2.57. The molecule has 1 aromatic carbocycles. The minimum atomic E-state index is -0.475. The first-order chi connectivity index (χ1) is 13.5. The van der Waals surface area contributed by atoms with Gasteiger partial charge < -0.3 is 20.1 Å². The lowest BCUT2D eigenvalue weighted by molar-refractivity contribution is -0.140. The second kappa shape index (κ2) is 11.3. The van der Waals surface area contributed by atoms with Gasteiger partial charge in [0, 0.05) is 5.56 Å². The predicted octanol–water partition coefficient (Wildman–Crippen LogP) is 6.01. The van der Waals surface area contributed by atoms with Gasteiger partial charge >= 0.3 is 0 Å². The van der Waals surface area contributed by atoms with Crippen LogP contribution < -0.4 is 0 Å². The molecule has 1 rings (SSSR count). The lowest BCUT2D eigenvalue weighted by atomic mass is 9.89. The highest BCUT2D eigenvalue weighted by Crippen LogP contribution is 2.40. The van der Waals surface area contributed by atoms with Crippen LogP contribution in [0.15, 0.2) is 6.07 Å². The van der Waals surface area contributed by atoms with Gasteiger partial charge in [-0.3, -0.25) is 4.79 Å². The maximum Gasteiger partial charge on any atom is 0.293 e. The number of hydrogen-bond donors (Lipinski definition) is 3. The molecule has 0 saturated heterocycles. The highest BCUT2D eigenvalue weighted by molar-refractivity contribution is 5.56. The van der Waals surface area contributed by atoms with Gasteiger partial charge in [0.25, 0.3) is 6.47 Å². The fraction of sp³-hybridized carbons (Fsp3) is 0.708. The van der Waals surface area contributed by atoms with E-state index in [1.165, 1.54) is 12.5 Å². The lowest BCUT2D eigenvalue weighted by Crippen LogP contribution is -2.23. The van der Waals surface area contributed by atoms with Crippen LogP contribution >= 0.6 is 0 Å². The summed E-state index contributed by atoms with van der Waals surface area (Å²) in [6, 6.07) is 1.48. The fourth-order valence-corrected chi connectivity index (χ4v) is 3.56. The van der Waals surface area contributed by atoms with Crippen LogP contribution in [0.5, 0.6) is 17.2 Å². The van der Waals surface area contributed by atoms with Crippen molar-refractivity contribution in [2.75, 3.05) is 0 Å². The SMILES string of the molecule is CC(C)(C)CCCCCc1cc(O)c(O)c(CCCCCC(C)(C)OC=O)c1O. The number of aromatic hydroxyl groups is 3. The van der Waals surface area contributed by atoms with Crippen molar-refractivity contribution in [1.82, 2.24) is 0 Å². The second-order valence-corrected chi connectivity index (χ2v) is 9.89. The molecule has 0 radical (unpaired) electrons. The van der Waals surface area contributed by atoms with Crippen molar-refractivity contribution in [1.29, 1.82) is 0 Å². The summed E-state index contributed by atoms with van der Waals surface area (Å²) in [4.78, 5) is 10.5. The number of phenols is 3. The van der Waals surface area contributed by atoms with Crippen molar-refractivity contribution in [3.63, 3.8) is 0 Å². The van der Waals surface area contributed by atoms with E-state index in [1.54, 1.807) is 0 Å². The largest absolute Gasteiger partial charge is 0.507 e. The minimum absolute atomic E-state index is 0.112. The summed E-state index contributed by atoms with van der Waals surface area (Å²) in [5, 5.41) is 30.9. The molecule has 0 aromatic heterocycles. The van der Waals surface area contributed by atoms with Gasteiger partial charge in [-0.05, 0) is 75.8 Å². The van der Waals surface area contributed by atoms with Crippen molar-refractivity contribution in [2.45, 2.75) is 104 Å². The molecular formula is C24H40O5. The Morgan fingerprint density at radius 2 is 1.41 bits per heavy atom. The highest BCUT2D eigenvalue weighted by atomic mass is 16.5. The van der Waals surface area contributed by atoms with Crippen molar-refractivity contribution >= 4 is 6.47 Å². The molecular weight excluding hydrogens is 368 g/mol. The number of carbonyl (C=O) groups is 1. The van der Waals surface area contributed by atoms with Crippen LogP contribution in [0.25, 0.3) is 0 Å². The highest BCUT2D eigenvalue weighted by Gasteiger charge is 2.19. The van der Waals surface area contributed by atoms with E-state index in [9.17, 15) is 20.1 Å². The summed E-state index contributed by atoms with van der Waals surface area (Å²) >= 11 is 0. The average Bonchev–Trinajstić information content (AvgIpc) is 2.60. The van der Waals surface area contributed by atoms with E-state index in [0.717, 1.165) is 44.9 Å². The molecule has 0 amide bonds. The first kappa shape index (κ1) is 25.1. The molecule has 0 fully saturated rings. The van der Waals surface area contributed by atoms with Gasteiger partial charge in [0.2, 0.25) is 0 Å². The number of aryl methyl sites for hydroxylation is 1. The van der Waals surface area contributed by atoms with Crippen molar-refractivity contribution < 1.29 is 24.9 Å². The Labute approximate surface area is 176 Å². The van der Waals surface area contributed by atoms with Crippen molar-refractivity contribution in [3.8, 4) is 17.2 Å². The molecule has 0 heterocycles. The van der Waals surface area contributed by atoms with E-state index in [0.29, 0.717) is 35.9 Å². The van der Waals surface area contributed by atoms with Crippen LogP contribution in [0.3, 0.4) is 0 Å². The van der Waals surface area contributed by atoms with E-state index in [4.69, 9.17) is 4.74 Å². The number of phenolic OH excluding ortho intramolecular Hbond substituents is 3. The third-order valence-electron chi connectivity index (χ3n) is 5.38. The molecule has 3 N–H and O–H groups in total. The molecule has 5 nitrogen and oxygen atoms in total. The van der Waals surface area contributed by atoms with Gasteiger partial charge in [-0.15, -0.1) is 0 Å². The number of benzene rings is 1. The molecule has 0 bridgehead atoms. The Morgan fingerprint density at radius 1 is 0.828 bits per heavy atom. The summed E-state index contributed by atoms with van der Waals surface area (Å²) in [5.74, 6) is -0.271. The van der Waals surface area contributed by atoms with Crippen LogP contribution in [0.2, 0.25) is 0 Å². The Morgan fingerprint density at radius 3 is 2.00 bits per heavy atom. The Bertz CT molecular complexity index is 644. The molecule has 166 valence electrons. The van der Waals surface area contributed by atoms with Gasteiger partial charge in [-0.2, -0.15) is 0 Å². The molecule has 29 heavy (non-hydrogen) atoms. The fourth-order valence-electron chi connectivity index (χ4n) is 3.56. The zero-order valence-corrected chi connectivity index (χ0v) is 18.9. The smallest absolute Gasteiger partial charge is 0.293 e. The second-order valence-electron chi connectivity index (χ2n) is 9.89. The van der Waals surface area contributed by atoms with Crippen molar-refractivity contribution in [2.24, 2.45) is 5.41 Å². The Hall–Kier alpha value is -1.91. The third-order valence-corrected chi connectivity index (χ3v) is 5.38. The van der Waals surface area contributed by atoms with E-state index in [-0.39, 0.29) is 17.2 Å². The molecule has 0 aliphatic rings. The molecule has 0 unspecified atom stereocenters. The lowest BCUT2D eigenvalue weighted by Gasteiger charge is -2.22. The number of unbranched alkanes of at least 4 members (excludes halogenated alkanes) is 4. The summed E-state index contributed by atoms with van der Waals surface area (Å²) in [7, 11) is 0. The van der Waals surface area contributed by atoms with Crippen LogP contribution in [-0.4, -0.2) is 27.4 Å². The molecule has 0 aliphatic carbocycles. The van der Waals surface area contributed by atoms with Gasteiger partial charge in [-0.25, -0.2) is 0 Å². The van der Waals surface area contributed by atoms with Gasteiger partial charge in [-0.1, -0.05) is 40.0 Å². The van der Waals surface area contributed by atoms with Gasteiger partial charge in [0.15, 0.2) is 11.5 Å². The zero-order valence-electron chi connectivity index (χ0n) is 18.9. The first-order valence-corrected chi connectivity index (χ1v) is 10.8. The Kier molecular flexibility index (Phi) is 9.81. The number of rotatable bonds is 13. The van der Waals surface area contributed by atoms with Crippen LogP contribution in [0.1, 0.15) is 97.1 Å². The van der Waals surface area contributed by atoms with Crippen LogP contribution in [0, 0.1) is 5.41 Å². The van der Waals surface area contributed by atoms with E-state index >= 15 is 0 Å². The predicted molar refractivity (Wildman–Crippen MR) is 116 cm³/mol. The van der Waals surface area contributed by atoms with Crippen LogP contribution in [-0.2, 0) is 22.4 Å². The van der Waals surface area contributed by atoms with Crippen molar-refractivity contribution in [3.05, 3.63) is 17.2 Å². The number of hydrogen-bond acceptors (Lipinski definition) is 5. The first-order valence-electron chi connectivity index (χ1n) is 10.8. The summed E-state index contributed by atoms with van der Waals surface area (Å²) in [6.07, 6.45) is 8.79. The summed E-state index contributed by atoms with van der Waals surface area (Å²) in [5.41, 5.74) is 0.988. The van der Waals surface area contributed by atoms with Gasteiger partial charge in [0.05, 0.1) is 0 Å². The maximum absolute atomic E-state index is 10.6. The monoisotopic (exact) mass is 408 g/mol. The van der Waals surface area contributed by atoms with E-state index < -0.39 is 5.60 Å².